The highest BCUT2D eigenvalue weighted by molar-refractivity contribution is 5.94. The number of fused-ring (bicyclic) bond motifs is 1. The first kappa shape index (κ1) is 31.4. The molecule has 46 heavy (non-hydrogen) atoms. The summed E-state index contributed by atoms with van der Waals surface area (Å²) < 4.78 is 8.74. The molecule has 4 nitrogen and oxygen atoms in total. The van der Waals surface area contributed by atoms with Gasteiger partial charge in [0.2, 0.25) is 0 Å². The number of aryl methyl sites for hydroxylation is 4. The van der Waals surface area contributed by atoms with Gasteiger partial charge in [-0.25, -0.2) is 4.98 Å². The lowest BCUT2D eigenvalue weighted by Crippen LogP contribution is -2.22. The van der Waals surface area contributed by atoms with Gasteiger partial charge in [-0.05, 0) is 72.1 Å². The first-order valence-electron chi connectivity index (χ1n) is 16.7. The van der Waals surface area contributed by atoms with Crippen molar-refractivity contribution in [2.45, 2.75) is 86.2 Å². The molecule has 2 heterocycles. The number of imidazole rings is 1. The summed E-state index contributed by atoms with van der Waals surface area (Å²) in [5.74, 6) is 2.70. The van der Waals surface area contributed by atoms with Crippen LogP contribution in [0.25, 0.3) is 22.2 Å². The molecule has 236 valence electrons. The molecular weight excluding hydrogens is 562 g/mol. The highest BCUT2D eigenvalue weighted by atomic mass is 16.3. The van der Waals surface area contributed by atoms with Crippen LogP contribution in [0, 0.1) is 20.8 Å². The summed E-state index contributed by atoms with van der Waals surface area (Å²) >= 11 is 0. The number of nitrogens with zero attached hydrogens (tertiary/aromatic N) is 2. The van der Waals surface area contributed by atoms with Gasteiger partial charge in [0, 0.05) is 30.2 Å². The number of nitrogens with one attached hydrogen (secondary N) is 1. The Labute approximate surface area is 274 Å². The van der Waals surface area contributed by atoms with Crippen LogP contribution in [0.15, 0.2) is 95.5 Å². The van der Waals surface area contributed by atoms with Crippen LogP contribution in [0.1, 0.15) is 103 Å². The third-order valence-electron chi connectivity index (χ3n) is 9.20. The number of para-hydroxylation sites is 2. The van der Waals surface area contributed by atoms with E-state index in [4.69, 9.17) is 9.40 Å². The topological polar surface area (TPSA) is 43.0 Å². The first-order chi connectivity index (χ1) is 22.2. The minimum atomic E-state index is -0.182. The average molecular weight is 610 g/mol. The fourth-order valence-corrected chi connectivity index (χ4v) is 7.09. The molecule has 0 amide bonds. The molecule has 0 radical (unpaired) electrons. The Hall–Kier alpha value is -4.57. The van der Waals surface area contributed by atoms with Gasteiger partial charge >= 0.3 is 0 Å². The van der Waals surface area contributed by atoms with Gasteiger partial charge in [0.1, 0.15) is 23.2 Å². The van der Waals surface area contributed by atoms with Crippen molar-refractivity contribution in [1.29, 1.82) is 0 Å². The molecule has 0 aliphatic carbocycles. The van der Waals surface area contributed by atoms with Crippen LogP contribution >= 0.6 is 0 Å². The lowest BCUT2D eigenvalue weighted by atomic mass is 9.89. The maximum Gasteiger partial charge on any atom is 0.137 e. The second-order valence-corrected chi connectivity index (χ2v) is 13.4. The first-order valence-corrected chi connectivity index (χ1v) is 16.7. The predicted molar refractivity (Wildman–Crippen MR) is 193 cm³/mol. The van der Waals surface area contributed by atoms with Crippen LogP contribution < -0.4 is 5.32 Å². The summed E-state index contributed by atoms with van der Waals surface area (Å²) in [5, 5.41) is 5.26. The fraction of sp³-hybridized carbons (Fsp3) is 0.310. The molecule has 0 spiro atoms. The molecule has 0 saturated heterocycles. The molecule has 4 aromatic carbocycles. The lowest BCUT2D eigenvalue weighted by Gasteiger charge is -2.29. The van der Waals surface area contributed by atoms with Crippen LogP contribution in [0.5, 0.6) is 0 Å². The van der Waals surface area contributed by atoms with Gasteiger partial charge in [0.15, 0.2) is 0 Å². The Morgan fingerprint density at radius 2 is 1.41 bits per heavy atom. The number of aromatic nitrogens is 2. The van der Waals surface area contributed by atoms with Crippen molar-refractivity contribution in [1.82, 2.24) is 9.55 Å². The Balaban J connectivity index is 1.64. The molecule has 0 saturated carbocycles. The predicted octanol–water partition coefficient (Wildman–Crippen LogP) is 11.3. The number of anilines is 1. The van der Waals surface area contributed by atoms with Crippen molar-refractivity contribution in [3.8, 4) is 11.3 Å². The number of rotatable bonds is 10. The van der Waals surface area contributed by atoms with Gasteiger partial charge in [0.05, 0.1) is 11.3 Å². The summed E-state index contributed by atoms with van der Waals surface area (Å²) in [6.07, 6.45) is 3.03. The smallest absolute Gasteiger partial charge is 0.137 e. The van der Waals surface area contributed by atoms with E-state index >= 15 is 0 Å². The van der Waals surface area contributed by atoms with E-state index in [1.54, 1.807) is 0 Å². The van der Waals surface area contributed by atoms with E-state index < -0.39 is 0 Å². The summed E-state index contributed by atoms with van der Waals surface area (Å²) in [6, 6.07) is 30.2. The third kappa shape index (κ3) is 6.01. The normalized spacial score (nSPS) is 12.4. The molecule has 1 unspecified atom stereocenters. The summed E-state index contributed by atoms with van der Waals surface area (Å²) in [6.45, 7) is 18.7. The van der Waals surface area contributed by atoms with Gasteiger partial charge < -0.3 is 14.3 Å². The second kappa shape index (κ2) is 13.0. The van der Waals surface area contributed by atoms with Gasteiger partial charge in [-0.3, -0.25) is 0 Å². The molecule has 6 rings (SSSR count). The Morgan fingerprint density at radius 3 is 2.04 bits per heavy atom. The van der Waals surface area contributed by atoms with Gasteiger partial charge in [-0.2, -0.15) is 0 Å². The fourth-order valence-electron chi connectivity index (χ4n) is 7.09. The highest BCUT2D eigenvalue weighted by Gasteiger charge is 2.29. The number of hydrogen-bond donors (Lipinski definition) is 1. The molecule has 1 atom stereocenters. The summed E-state index contributed by atoms with van der Waals surface area (Å²) in [4.78, 5) is 5.57. The van der Waals surface area contributed by atoms with Crippen molar-refractivity contribution in [3.05, 3.63) is 142 Å². The summed E-state index contributed by atoms with van der Waals surface area (Å²) in [7, 11) is 0. The quantitative estimate of drug-likeness (QED) is 0.168. The van der Waals surface area contributed by atoms with Crippen molar-refractivity contribution < 1.29 is 4.42 Å². The largest absolute Gasteiger partial charge is 0.460 e. The van der Waals surface area contributed by atoms with Crippen LogP contribution in [0.3, 0.4) is 0 Å². The van der Waals surface area contributed by atoms with Crippen LogP contribution in [0.2, 0.25) is 0 Å². The average Bonchev–Trinajstić information content (AvgIpc) is 3.61. The molecule has 0 aliphatic heterocycles. The van der Waals surface area contributed by atoms with Gasteiger partial charge in [0.25, 0.3) is 0 Å². The monoisotopic (exact) mass is 609 g/mol. The van der Waals surface area contributed by atoms with Crippen molar-refractivity contribution in [2.24, 2.45) is 0 Å². The molecule has 4 heteroatoms. The number of benzene rings is 4. The molecular formula is C42H47N3O. The van der Waals surface area contributed by atoms with E-state index in [1.807, 2.05) is 6.07 Å². The van der Waals surface area contributed by atoms with Gasteiger partial charge in [-0.15, -0.1) is 0 Å². The lowest BCUT2D eigenvalue weighted by molar-refractivity contribution is 0.558. The van der Waals surface area contributed by atoms with E-state index in [2.05, 4.69) is 150 Å². The molecule has 0 bridgehead atoms. The zero-order chi connectivity index (χ0) is 32.5. The van der Waals surface area contributed by atoms with E-state index in [0.29, 0.717) is 18.4 Å². The van der Waals surface area contributed by atoms with Crippen molar-refractivity contribution >= 4 is 16.7 Å². The molecule has 0 fully saturated rings. The highest BCUT2D eigenvalue weighted by Crippen LogP contribution is 2.41. The molecule has 2 aromatic heterocycles. The molecule has 0 aliphatic rings. The molecule has 1 N–H and O–H groups in total. The zero-order valence-corrected chi connectivity index (χ0v) is 28.6. The molecule has 6 aromatic rings. The Morgan fingerprint density at radius 1 is 0.783 bits per heavy atom. The minimum absolute atomic E-state index is 0.182. The van der Waals surface area contributed by atoms with E-state index in [-0.39, 0.29) is 6.04 Å². The third-order valence-corrected chi connectivity index (χ3v) is 9.20. The number of furan rings is 1. The van der Waals surface area contributed by atoms with Crippen LogP contribution in [0.4, 0.5) is 5.69 Å². The van der Waals surface area contributed by atoms with Crippen molar-refractivity contribution in [3.63, 3.8) is 0 Å². The zero-order valence-electron chi connectivity index (χ0n) is 28.6. The minimum Gasteiger partial charge on any atom is -0.460 e. The van der Waals surface area contributed by atoms with Crippen molar-refractivity contribution in [2.75, 3.05) is 5.32 Å². The SMILES string of the molecule is CCc1oc2ccccc2c1-c1cn(Cc2ccccc2)c(C(Nc2c(C(C)C)cccc2C(C)C)c2c(C)cc(C)cc2C)n1. The second-order valence-electron chi connectivity index (χ2n) is 13.4. The van der Waals surface area contributed by atoms with E-state index in [1.165, 1.54) is 44.6 Å². The standard InChI is InChI=1S/C42H47N3O/c1-9-36-39(34-18-13-14-21-37(34)46-36)35-25-45(24-31-16-11-10-12-17-31)42(43-35)41(38-29(7)22-28(6)23-30(38)8)44-40-32(26(2)3)19-15-20-33(40)27(4)5/h10-23,25-27,41,44H,9,24H2,1-8H3. The Kier molecular flexibility index (Phi) is 8.90. The van der Waals surface area contributed by atoms with E-state index in [9.17, 15) is 0 Å². The Bertz CT molecular complexity index is 1930. The van der Waals surface area contributed by atoms with Crippen LogP contribution in [-0.2, 0) is 13.0 Å². The van der Waals surface area contributed by atoms with Gasteiger partial charge in [-0.1, -0.05) is 119 Å². The maximum atomic E-state index is 6.38. The van der Waals surface area contributed by atoms with E-state index in [0.717, 1.165) is 40.2 Å². The maximum absolute atomic E-state index is 6.38. The van der Waals surface area contributed by atoms with Crippen LogP contribution in [-0.4, -0.2) is 9.55 Å². The summed E-state index contributed by atoms with van der Waals surface area (Å²) in [5.41, 5.74) is 13.1. The number of hydrogen-bond acceptors (Lipinski definition) is 3.